The van der Waals surface area contributed by atoms with Crippen molar-refractivity contribution in [3.63, 3.8) is 0 Å². The van der Waals surface area contributed by atoms with Gasteiger partial charge in [0.25, 0.3) is 5.91 Å². The van der Waals surface area contributed by atoms with E-state index in [2.05, 4.69) is 25.9 Å². The van der Waals surface area contributed by atoms with Gasteiger partial charge in [0.15, 0.2) is 0 Å². The molecule has 2 amide bonds. The van der Waals surface area contributed by atoms with Crippen LogP contribution in [0.2, 0.25) is 0 Å². The Balaban J connectivity index is 1.76. The molecule has 0 aliphatic heterocycles. The molecule has 0 aromatic carbocycles. The summed E-state index contributed by atoms with van der Waals surface area (Å²) in [5.74, 6) is -0.962. The average Bonchev–Trinajstić information content (AvgIpc) is 3.37. The number of carbonyl (C=O) groups excluding carboxylic acids is 2. The number of amides is 2. The molecule has 13 nitrogen and oxygen atoms in total. The van der Waals surface area contributed by atoms with Gasteiger partial charge in [0.2, 0.25) is 5.91 Å². The Labute approximate surface area is 164 Å². The van der Waals surface area contributed by atoms with Crippen LogP contribution in [0.1, 0.15) is 23.1 Å². The minimum Gasteiger partial charge on any atom is -0.321 e. The van der Waals surface area contributed by atoms with E-state index in [0.29, 0.717) is 12.2 Å². The summed E-state index contributed by atoms with van der Waals surface area (Å²) in [7, 11) is 1.76. The quantitative estimate of drug-likeness (QED) is 0.441. The molecule has 152 valence electrons. The molecule has 3 aromatic heterocycles. The van der Waals surface area contributed by atoms with Crippen molar-refractivity contribution in [3.8, 4) is 0 Å². The maximum Gasteiger partial charge on any atom is 0.307 e. The highest BCUT2D eigenvalue weighted by atomic mass is 16.6. The molecule has 0 saturated heterocycles. The van der Waals surface area contributed by atoms with Gasteiger partial charge in [-0.15, -0.1) is 0 Å². The van der Waals surface area contributed by atoms with E-state index in [4.69, 9.17) is 0 Å². The van der Waals surface area contributed by atoms with Crippen molar-refractivity contribution < 1.29 is 14.5 Å². The lowest BCUT2D eigenvalue weighted by Gasteiger charge is -2.10. The van der Waals surface area contributed by atoms with Crippen LogP contribution in [0.3, 0.4) is 0 Å². The van der Waals surface area contributed by atoms with Crippen LogP contribution in [0, 0.1) is 17.0 Å². The number of nitro groups is 1. The van der Waals surface area contributed by atoms with Gasteiger partial charge in [-0.05, 0) is 13.8 Å². The van der Waals surface area contributed by atoms with Crippen LogP contribution in [0.25, 0.3) is 0 Å². The van der Waals surface area contributed by atoms with Gasteiger partial charge in [0.05, 0.1) is 34.4 Å². The summed E-state index contributed by atoms with van der Waals surface area (Å²) < 4.78 is 4.21. The molecule has 13 heteroatoms. The molecule has 3 aromatic rings. The summed E-state index contributed by atoms with van der Waals surface area (Å²) in [6.45, 7) is 3.78. The van der Waals surface area contributed by atoms with Crippen molar-refractivity contribution in [2.75, 3.05) is 10.6 Å². The minimum absolute atomic E-state index is 0.176. The van der Waals surface area contributed by atoms with Crippen LogP contribution in [0.15, 0.2) is 24.8 Å². The number of carbonyl (C=O) groups is 2. The number of nitrogens with one attached hydrogen (secondary N) is 2. The first kappa shape index (κ1) is 19.7. The first-order valence-corrected chi connectivity index (χ1v) is 8.62. The molecule has 0 radical (unpaired) electrons. The third kappa shape index (κ3) is 4.12. The topological polar surface area (TPSA) is 155 Å². The van der Waals surface area contributed by atoms with E-state index < -0.39 is 16.7 Å². The zero-order valence-electron chi connectivity index (χ0n) is 16.0. The minimum atomic E-state index is -0.602. The third-order valence-corrected chi connectivity index (χ3v) is 4.25. The summed E-state index contributed by atoms with van der Waals surface area (Å²) in [6, 6.07) is 0. The van der Waals surface area contributed by atoms with E-state index in [9.17, 15) is 19.7 Å². The fraction of sp³-hybridized carbons (Fsp3) is 0.312. The van der Waals surface area contributed by atoms with E-state index in [-0.39, 0.29) is 23.6 Å². The Kier molecular flexibility index (Phi) is 5.38. The Hall–Kier alpha value is -4.03. The number of aryl methyl sites for hydroxylation is 2. The molecule has 0 spiro atoms. The van der Waals surface area contributed by atoms with Crippen molar-refractivity contribution in [1.29, 1.82) is 0 Å². The van der Waals surface area contributed by atoms with Gasteiger partial charge in [0, 0.05) is 13.6 Å². The number of nitrogens with zero attached hydrogens (tertiary/aromatic N) is 7. The molecule has 0 bridgehead atoms. The zero-order valence-corrected chi connectivity index (χ0v) is 16.0. The molecule has 2 N–H and O–H groups in total. The first-order chi connectivity index (χ1) is 13.8. The average molecular weight is 401 g/mol. The highest BCUT2D eigenvalue weighted by molar-refractivity contribution is 6.09. The lowest BCUT2D eigenvalue weighted by atomic mass is 10.3. The number of hydrogen-bond donors (Lipinski definition) is 2. The van der Waals surface area contributed by atoms with Crippen LogP contribution in [-0.4, -0.2) is 46.1 Å². The van der Waals surface area contributed by atoms with Crippen LogP contribution in [0.5, 0.6) is 0 Å². The Morgan fingerprint density at radius 2 is 1.86 bits per heavy atom. The second-order valence-electron chi connectivity index (χ2n) is 6.15. The van der Waals surface area contributed by atoms with Gasteiger partial charge in [-0.1, -0.05) is 0 Å². The lowest BCUT2D eigenvalue weighted by Crippen LogP contribution is -2.23. The number of hydrogen-bond acceptors (Lipinski definition) is 7. The van der Waals surface area contributed by atoms with Crippen molar-refractivity contribution in [1.82, 2.24) is 29.3 Å². The van der Waals surface area contributed by atoms with Crippen LogP contribution < -0.4 is 10.6 Å². The Bertz CT molecular complexity index is 1080. The SMILES string of the molecule is CCn1ncc(NC(=O)Cn2cc([N+](=O)[O-])cn2)c1C(=O)Nc1cnn(C)c1C. The van der Waals surface area contributed by atoms with Gasteiger partial charge in [0.1, 0.15) is 24.6 Å². The van der Waals surface area contributed by atoms with E-state index in [1.807, 2.05) is 13.8 Å². The summed E-state index contributed by atoms with van der Waals surface area (Å²) in [5.41, 5.74) is 1.49. The van der Waals surface area contributed by atoms with Crippen LogP contribution >= 0.6 is 0 Å². The summed E-state index contributed by atoms with van der Waals surface area (Å²) in [5, 5.41) is 28.0. The number of rotatable bonds is 7. The predicted octanol–water partition coefficient (Wildman–Crippen LogP) is 0.941. The van der Waals surface area contributed by atoms with Gasteiger partial charge in [-0.2, -0.15) is 15.3 Å². The Morgan fingerprint density at radius 3 is 2.45 bits per heavy atom. The predicted molar refractivity (Wildman–Crippen MR) is 101 cm³/mol. The van der Waals surface area contributed by atoms with Gasteiger partial charge >= 0.3 is 5.69 Å². The molecule has 3 heterocycles. The first-order valence-electron chi connectivity index (χ1n) is 8.62. The second-order valence-corrected chi connectivity index (χ2v) is 6.15. The molecule has 0 aliphatic carbocycles. The number of aromatic nitrogens is 6. The summed E-state index contributed by atoms with van der Waals surface area (Å²) in [6.07, 6.45) is 5.10. The van der Waals surface area contributed by atoms with E-state index in [1.165, 1.54) is 17.1 Å². The lowest BCUT2D eigenvalue weighted by molar-refractivity contribution is -0.385. The molecule has 29 heavy (non-hydrogen) atoms. The number of anilines is 2. The zero-order chi connectivity index (χ0) is 21.1. The molecule has 0 saturated carbocycles. The maximum atomic E-state index is 12.8. The fourth-order valence-corrected chi connectivity index (χ4v) is 2.63. The largest absolute Gasteiger partial charge is 0.321 e. The van der Waals surface area contributed by atoms with E-state index in [1.54, 1.807) is 11.7 Å². The molecule has 0 atom stereocenters. The van der Waals surface area contributed by atoms with Gasteiger partial charge in [-0.25, -0.2) is 0 Å². The summed E-state index contributed by atoms with van der Waals surface area (Å²) in [4.78, 5) is 35.2. The molecule has 0 aliphatic rings. The fourth-order valence-electron chi connectivity index (χ4n) is 2.63. The highest BCUT2D eigenvalue weighted by Gasteiger charge is 2.21. The molecular weight excluding hydrogens is 382 g/mol. The van der Waals surface area contributed by atoms with E-state index in [0.717, 1.165) is 22.8 Å². The molecule has 0 fully saturated rings. The smallest absolute Gasteiger partial charge is 0.307 e. The van der Waals surface area contributed by atoms with Gasteiger partial charge in [-0.3, -0.25) is 33.7 Å². The van der Waals surface area contributed by atoms with Crippen molar-refractivity contribution >= 4 is 28.9 Å². The summed E-state index contributed by atoms with van der Waals surface area (Å²) >= 11 is 0. The molecule has 3 rings (SSSR count). The molecular formula is C16H19N9O4. The van der Waals surface area contributed by atoms with Crippen molar-refractivity contribution in [2.24, 2.45) is 7.05 Å². The third-order valence-electron chi connectivity index (χ3n) is 4.25. The Morgan fingerprint density at radius 1 is 1.14 bits per heavy atom. The second kappa shape index (κ2) is 7.92. The van der Waals surface area contributed by atoms with Crippen molar-refractivity contribution in [3.05, 3.63) is 46.3 Å². The normalized spacial score (nSPS) is 10.7. The highest BCUT2D eigenvalue weighted by Crippen LogP contribution is 2.19. The van der Waals surface area contributed by atoms with Crippen LogP contribution in [0.4, 0.5) is 17.1 Å². The molecule has 0 unspecified atom stereocenters. The maximum absolute atomic E-state index is 12.8. The van der Waals surface area contributed by atoms with Crippen LogP contribution in [-0.2, 0) is 24.9 Å². The standard InChI is InChI=1S/C16H19N9O4/c1-4-24-15(16(27)21-12-6-17-22(3)10(12)2)13(7-19-24)20-14(26)9-23-8-11(5-18-23)25(28)29/h5-8H,4,9H2,1-3H3,(H,20,26)(H,21,27). The van der Waals surface area contributed by atoms with Gasteiger partial charge < -0.3 is 10.6 Å². The van der Waals surface area contributed by atoms with Crippen molar-refractivity contribution in [2.45, 2.75) is 26.9 Å². The monoisotopic (exact) mass is 401 g/mol. The van der Waals surface area contributed by atoms with E-state index >= 15 is 0 Å².